The van der Waals surface area contributed by atoms with Gasteiger partial charge in [-0.2, -0.15) is 4.72 Å². The molecule has 1 N–H and O–H groups in total. The predicted molar refractivity (Wildman–Crippen MR) is 99.2 cm³/mol. The number of hydrogen-bond donors (Lipinski definition) is 1. The summed E-state index contributed by atoms with van der Waals surface area (Å²) in [6, 6.07) is 10.7. The van der Waals surface area contributed by atoms with Crippen LogP contribution in [0.1, 0.15) is 30.9 Å². The Kier molecular flexibility index (Phi) is 5.90. The van der Waals surface area contributed by atoms with Crippen LogP contribution in [0, 0.1) is 0 Å². The minimum atomic E-state index is -3.93. The molecule has 0 bridgehead atoms. The summed E-state index contributed by atoms with van der Waals surface area (Å²) in [5.41, 5.74) is 0.605. The van der Waals surface area contributed by atoms with Crippen molar-refractivity contribution in [2.24, 2.45) is 0 Å². The van der Waals surface area contributed by atoms with Crippen LogP contribution in [0.4, 0.5) is 0 Å². The Morgan fingerprint density at radius 3 is 2.38 bits per heavy atom. The van der Waals surface area contributed by atoms with Gasteiger partial charge in [0.1, 0.15) is 16.1 Å². The molecule has 0 aliphatic carbocycles. The molecule has 3 rings (SSSR count). The maximum absolute atomic E-state index is 13.0. The number of piperidine rings is 1. The molecular weight excluding hydrogens is 374 g/mol. The minimum Gasteiger partial charge on any atom is -0.341 e. The number of sulfonamides is 1. The van der Waals surface area contributed by atoms with Crippen LogP contribution in [-0.4, -0.2) is 37.3 Å². The molecule has 138 valence electrons. The molecule has 2 aromatic rings. The van der Waals surface area contributed by atoms with Crippen molar-refractivity contribution in [1.82, 2.24) is 14.6 Å². The third-order valence-corrected chi connectivity index (χ3v) is 5.96. The molecule has 26 heavy (non-hydrogen) atoms. The highest BCUT2D eigenvalue weighted by Gasteiger charge is 2.31. The van der Waals surface area contributed by atoms with E-state index in [-0.39, 0.29) is 16.0 Å². The number of hydrogen-bond acceptors (Lipinski definition) is 4. The van der Waals surface area contributed by atoms with Gasteiger partial charge in [-0.05, 0) is 37.0 Å². The normalized spacial score (nSPS) is 16.3. The zero-order valence-electron chi connectivity index (χ0n) is 14.1. The second-order valence-corrected chi connectivity index (χ2v) is 8.27. The van der Waals surface area contributed by atoms with Crippen LogP contribution in [0.5, 0.6) is 0 Å². The van der Waals surface area contributed by atoms with Crippen LogP contribution < -0.4 is 4.72 Å². The van der Waals surface area contributed by atoms with E-state index in [0.717, 1.165) is 19.3 Å². The van der Waals surface area contributed by atoms with Crippen molar-refractivity contribution < 1.29 is 13.2 Å². The highest BCUT2D eigenvalue weighted by Crippen LogP contribution is 2.22. The first-order valence-electron chi connectivity index (χ1n) is 8.45. The van der Waals surface area contributed by atoms with Gasteiger partial charge >= 0.3 is 0 Å². The van der Waals surface area contributed by atoms with Gasteiger partial charge in [0.15, 0.2) is 0 Å². The summed E-state index contributed by atoms with van der Waals surface area (Å²) in [5, 5.41) is 0.202. The van der Waals surface area contributed by atoms with Crippen LogP contribution in [0.15, 0.2) is 53.6 Å². The summed E-state index contributed by atoms with van der Waals surface area (Å²) in [6.45, 7) is 1.29. The first-order valence-corrected chi connectivity index (χ1v) is 10.3. The molecule has 1 aromatic carbocycles. The first kappa shape index (κ1) is 18.8. The fourth-order valence-electron chi connectivity index (χ4n) is 2.95. The van der Waals surface area contributed by atoms with Gasteiger partial charge in [0.2, 0.25) is 15.9 Å². The summed E-state index contributed by atoms with van der Waals surface area (Å²) >= 11 is 5.73. The molecule has 6 nitrogen and oxygen atoms in total. The van der Waals surface area contributed by atoms with E-state index in [1.807, 2.05) is 6.07 Å². The molecule has 0 radical (unpaired) electrons. The van der Waals surface area contributed by atoms with Gasteiger partial charge in [-0.3, -0.25) is 4.79 Å². The highest BCUT2D eigenvalue weighted by molar-refractivity contribution is 7.89. The number of pyridine rings is 1. The van der Waals surface area contributed by atoms with E-state index in [1.165, 1.54) is 18.3 Å². The van der Waals surface area contributed by atoms with Gasteiger partial charge in [0.25, 0.3) is 0 Å². The molecular formula is C18H20ClN3O3S. The van der Waals surface area contributed by atoms with Crippen molar-refractivity contribution >= 4 is 27.5 Å². The van der Waals surface area contributed by atoms with Gasteiger partial charge in [0, 0.05) is 19.3 Å². The zero-order chi connectivity index (χ0) is 18.6. The second-order valence-electron chi connectivity index (χ2n) is 6.17. The van der Waals surface area contributed by atoms with Gasteiger partial charge in [0.05, 0.1) is 0 Å². The lowest BCUT2D eigenvalue weighted by atomic mass is 10.0. The molecule has 2 heterocycles. The largest absolute Gasteiger partial charge is 0.341 e. The summed E-state index contributed by atoms with van der Waals surface area (Å²) < 4.78 is 28.0. The number of aromatic nitrogens is 1. The summed E-state index contributed by atoms with van der Waals surface area (Å²) in [4.78, 5) is 18.5. The lowest BCUT2D eigenvalue weighted by molar-refractivity contribution is -0.134. The highest BCUT2D eigenvalue weighted by atomic mass is 35.5. The van der Waals surface area contributed by atoms with Gasteiger partial charge < -0.3 is 4.90 Å². The Balaban J connectivity index is 1.90. The van der Waals surface area contributed by atoms with E-state index in [4.69, 9.17) is 11.6 Å². The average molecular weight is 394 g/mol. The Morgan fingerprint density at radius 1 is 1.08 bits per heavy atom. The number of benzene rings is 1. The Labute approximate surface area is 158 Å². The SMILES string of the molecule is O=C([C@@H](NS(=O)(=O)c1ccc(Cl)nc1)c1ccccc1)N1CCCCC1. The van der Waals surface area contributed by atoms with E-state index in [1.54, 1.807) is 29.2 Å². The van der Waals surface area contributed by atoms with Gasteiger partial charge in [-0.1, -0.05) is 41.9 Å². The third-order valence-electron chi connectivity index (χ3n) is 4.33. The van der Waals surface area contributed by atoms with Crippen LogP contribution in [-0.2, 0) is 14.8 Å². The molecule has 1 atom stereocenters. The lowest BCUT2D eigenvalue weighted by Gasteiger charge is -2.30. The summed E-state index contributed by atoms with van der Waals surface area (Å²) in [6.07, 6.45) is 4.13. The fraction of sp³-hybridized carbons (Fsp3) is 0.333. The van der Waals surface area contributed by atoms with Crippen molar-refractivity contribution in [2.75, 3.05) is 13.1 Å². The number of carbonyl (C=O) groups is 1. The van der Waals surface area contributed by atoms with Crippen LogP contribution in [0.3, 0.4) is 0 Å². The molecule has 0 saturated carbocycles. The quantitative estimate of drug-likeness (QED) is 0.792. The zero-order valence-corrected chi connectivity index (χ0v) is 15.7. The smallest absolute Gasteiger partial charge is 0.245 e. The van der Waals surface area contributed by atoms with Crippen LogP contribution >= 0.6 is 11.6 Å². The molecule has 1 aromatic heterocycles. The van der Waals surface area contributed by atoms with Crippen molar-refractivity contribution in [3.05, 3.63) is 59.4 Å². The molecule has 0 unspecified atom stereocenters. The summed E-state index contributed by atoms with van der Waals surface area (Å²) in [5.74, 6) is -0.235. The Morgan fingerprint density at radius 2 is 1.77 bits per heavy atom. The van der Waals surface area contributed by atoms with E-state index in [2.05, 4.69) is 9.71 Å². The fourth-order valence-corrected chi connectivity index (χ4v) is 4.18. The van der Waals surface area contributed by atoms with Crippen LogP contribution in [0.25, 0.3) is 0 Å². The second kappa shape index (κ2) is 8.16. The van der Waals surface area contributed by atoms with E-state index in [9.17, 15) is 13.2 Å². The standard InChI is InChI=1S/C18H20ClN3O3S/c19-16-10-9-15(13-20-16)26(24,25)21-17(14-7-3-1-4-8-14)18(23)22-11-5-2-6-12-22/h1,3-4,7-10,13,17,21H,2,5-6,11-12H2/t17-/m0/s1. The number of amides is 1. The maximum Gasteiger partial charge on any atom is 0.245 e. The topological polar surface area (TPSA) is 79.4 Å². The number of carbonyl (C=O) groups excluding carboxylic acids is 1. The molecule has 1 saturated heterocycles. The van der Waals surface area contributed by atoms with Gasteiger partial charge in [-0.15, -0.1) is 0 Å². The van der Waals surface area contributed by atoms with Crippen molar-refractivity contribution in [1.29, 1.82) is 0 Å². The van der Waals surface area contributed by atoms with Gasteiger partial charge in [-0.25, -0.2) is 13.4 Å². The number of nitrogens with zero attached hydrogens (tertiary/aromatic N) is 2. The first-order chi connectivity index (χ1) is 12.5. The van der Waals surface area contributed by atoms with E-state index >= 15 is 0 Å². The number of rotatable bonds is 5. The maximum atomic E-state index is 13.0. The van der Waals surface area contributed by atoms with Crippen molar-refractivity contribution in [3.8, 4) is 0 Å². The Hall–Kier alpha value is -1.96. The average Bonchev–Trinajstić information content (AvgIpc) is 2.67. The van der Waals surface area contributed by atoms with E-state index < -0.39 is 16.1 Å². The monoisotopic (exact) mass is 393 g/mol. The molecule has 8 heteroatoms. The molecule has 1 aliphatic rings. The summed E-state index contributed by atoms with van der Waals surface area (Å²) in [7, 11) is -3.93. The molecule has 0 spiro atoms. The van der Waals surface area contributed by atoms with E-state index in [0.29, 0.717) is 18.7 Å². The number of likely N-dealkylation sites (tertiary alicyclic amines) is 1. The third kappa shape index (κ3) is 4.41. The molecule has 1 amide bonds. The number of halogens is 1. The van der Waals surface area contributed by atoms with Crippen molar-refractivity contribution in [3.63, 3.8) is 0 Å². The predicted octanol–water partition coefficient (Wildman–Crippen LogP) is 2.77. The Bertz CT molecular complexity index is 851. The lowest BCUT2D eigenvalue weighted by Crippen LogP contribution is -2.44. The molecule has 1 fully saturated rings. The number of nitrogens with one attached hydrogen (secondary N) is 1. The minimum absolute atomic E-state index is 0.0331. The van der Waals surface area contributed by atoms with Crippen molar-refractivity contribution in [2.45, 2.75) is 30.2 Å². The molecule has 1 aliphatic heterocycles. The van der Waals surface area contributed by atoms with Crippen LogP contribution in [0.2, 0.25) is 5.15 Å².